The zero-order valence-corrected chi connectivity index (χ0v) is 21.1. The van der Waals surface area contributed by atoms with Gasteiger partial charge in [0.15, 0.2) is 11.6 Å². The predicted molar refractivity (Wildman–Crippen MR) is 133 cm³/mol. The van der Waals surface area contributed by atoms with Gasteiger partial charge in [-0.2, -0.15) is 4.39 Å². The maximum atomic E-state index is 14.9. The Labute approximate surface area is 201 Å². The molecule has 1 nitrogen and oxygen atoms in total. The molecule has 1 aromatic rings. The third-order valence-electron chi connectivity index (χ3n) is 9.56. The van der Waals surface area contributed by atoms with Gasteiger partial charge in [-0.1, -0.05) is 52.0 Å². The molecule has 4 rings (SSSR count). The molecule has 0 aliphatic heterocycles. The summed E-state index contributed by atoms with van der Waals surface area (Å²) < 4.78 is 35.6. The van der Waals surface area contributed by atoms with E-state index in [2.05, 4.69) is 13.8 Å². The molecule has 0 unspecified atom stereocenters. The smallest absolute Gasteiger partial charge is 0.200 e. The third-order valence-corrected chi connectivity index (χ3v) is 9.56. The van der Waals surface area contributed by atoms with Crippen LogP contribution in [-0.4, -0.2) is 6.61 Å². The molecule has 186 valence electrons. The molecule has 3 saturated carbocycles. The molecule has 0 heterocycles. The van der Waals surface area contributed by atoms with E-state index in [0.29, 0.717) is 18.1 Å². The number of halogens is 2. The summed E-state index contributed by atoms with van der Waals surface area (Å²) in [6, 6.07) is 3.48. The van der Waals surface area contributed by atoms with Crippen molar-refractivity contribution in [3.8, 4) is 5.75 Å². The van der Waals surface area contributed by atoms with Gasteiger partial charge in [-0.3, -0.25) is 0 Å². The minimum atomic E-state index is -0.774. The highest BCUT2D eigenvalue weighted by Gasteiger charge is 2.31. The van der Waals surface area contributed by atoms with Gasteiger partial charge in [-0.15, -0.1) is 0 Å². The summed E-state index contributed by atoms with van der Waals surface area (Å²) in [5.74, 6) is 2.82. The van der Waals surface area contributed by atoms with Gasteiger partial charge < -0.3 is 4.74 Å². The monoisotopic (exact) mass is 460 g/mol. The Morgan fingerprint density at radius 3 is 1.85 bits per heavy atom. The average Bonchev–Trinajstić information content (AvgIpc) is 2.86. The molecule has 3 aliphatic carbocycles. The van der Waals surface area contributed by atoms with Crippen LogP contribution < -0.4 is 4.74 Å². The molecule has 33 heavy (non-hydrogen) atoms. The summed E-state index contributed by atoms with van der Waals surface area (Å²) in [6.07, 6.45) is 18.6. The van der Waals surface area contributed by atoms with E-state index in [-0.39, 0.29) is 11.7 Å². The first-order valence-corrected chi connectivity index (χ1v) is 14.2. The summed E-state index contributed by atoms with van der Waals surface area (Å²) in [5, 5.41) is 0. The minimum absolute atomic E-state index is 0.107. The van der Waals surface area contributed by atoms with Crippen molar-refractivity contribution >= 4 is 0 Å². The van der Waals surface area contributed by atoms with Crippen LogP contribution >= 0.6 is 0 Å². The molecule has 0 radical (unpaired) electrons. The number of benzene rings is 1. The Balaban J connectivity index is 1.24. The fourth-order valence-electron chi connectivity index (χ4n) is 7.25. The van der Waals surface area contributed by atoms with Crippen molar-refractivity contribution in [1.29, 1.82) is 0 Å². The van der Waals surface area contributed by atoms with Crippen molar-refractivity contribution < 1.29 is 13.5 Å². The number of hydrogen-bond acceptors (Lipinski definition) is 1. The first-order chi connectivity index (χ1) is 16.1. The van der Waals surface area contributed by atoms with Crippen molar-refractivity contribution in [2.24, 2.45) is 29.6 Å². The second kappa shape index (κ2) is 12.0. The molecule has 0 bridgehead atoms. The molecule has 0 atom stereocenters. The van der Waals surface area contributed by atoms with E-state index in [1.807, 2.05) is 0 Å². The van der Waals surface area contributed by atoms with Crippen molar-refractivity contribution in [2.45, 2.75) is 116 Å². The minimum Gasteiger partial charge on any atom is -0.490 e. The highest BCUT2D eigenvalue weighted by molar-refractivity contribution is 5.33. The lowest BCUT2D eigenvalue weighted by atomic mass is 9.69. The summed E-state index contributed by atoms with van der Waals surface area (Å²) >= 11 is 0. The quantitative estimate of drug-likeness (QED) is 0.375. The largest absolute Gasteiger partial charge is 0.490 e. The van der Waals surface area contributed by atoms with Gasteiger partial charge in [-0.05, 0) is 111 Å². The third kappa shape index (κ3) is 6.31. The normalized spacial score (nSPS) is 33.1. The van der Waals surface area contributed by atoms with Crippen LogP contribution in [0.5, 0.6) is 5.75 Å². The van der Waals surface area contributed by atoms with E-state index in [4.69, 9.17) is 4.74 Å². The van der Waals surface area contributed by atoms with Crippen LogP contribution in [0.25, 0.3) is 0 Å². The Morgan fingerprint density at radius 1 is 0.697 bits per heavy atom. The Morgan fingerprint density at radius 2 is 1.27 bits per heavy atom. The Bertz CT molecular complexity index is 723. The molecule has 0 N–H and O–H groups in total. The molecule has 0 spiro atoms. The lowest BCUT2D eigenvalue weighted by Crippen LogP contribution is -2.27. The summed E-state index contributed by atoms with van der Waals surface area (Å²) in [6.45, 7) is 5.08. The van der Waals surface area contributed by atoms with E-state index < -0.39 is 11.6 Å². The Kier molecular flexibility index (Phi) is 9.11. The first-order valence-electron chi connectivity index (χ1n) is 14.2. The fourth-order valence-corrected chi connectivity index (χ4v) is 7.25. The van der Waals surface area contributed by atoms with Crippen LogP contribution in [0.2, 0.25) is 0 Å². The van der Waals surface area contributed by atoms with Crippen LogP contribution in [0.15, 0.2) is 12.1 Å². The molecular formula is C30H46F2O. The molecule has 0 amide bonds. The molecule has 3 heteroatoms. The zero-order valence-electron chi connectivity index (χ0n) is 21.1. The highest BCUT2D eigenvalue weighted by atomic mass is 19.2. The second-order valence-electron chi connectivity index (χ2n) is 11.6. The average molecular weight is 461 g/mol. The van der Waals surface area contributed by atoms with Crippen molar-refractivity contribution in [2.75, 3.05) is 6.61 Å². The topological polar surface area (TPSA) is 9.23 Å². The van der Waals surface area contributed by atoms with E-state index in [1.54, 1.807) is 12.1 Å². The van der Waals surface area contributed by atoms with Crippen molar-refractivity contribution in [3.63, 3.8) is 0 Å². The van der Waals surface area contributed by atoms with Gasteiger partial charge in [-0.25, -0.2) is 4.39 Å². The molecule has 0 aromatic heterocycles. The fraction of sp³-hybridized carbons (Fsp3) is 0.800. The summed E-state index contributed by atoms with van der Waals surface area (Å²) in [5.41, 5.74) is 0.563. The van der Waals surface area contributed by atoms with E-state index in [9.17, 15) is 8.78 Å². The van der Waals surface area contributed by atoms with E-state index >= 15 is 0 Å². The van der Waals surface area contributed by atoms with Crippen LogP contribution in [0.3, 0.4) is 0 Å². The molecule has 3 aliphatic rings. The maximum Gasteiger partial charge on any atom is 0.200 e. The number of ether oxygens (including phenoxy) is 1. The first kappa shape index (κ1) is 25.0. The molecule has 0 saturated heterocycles. The van der Waals surface area contributed by atoms with Gasteiger partial charge in [0, 0.05) is 0 Å². The van der Waals surface area contributed by atoms with Crippen LogP contribution in [-0.2, 0) is 0 Å². The van der Waals surface area contributed by atoms with Gasteiger partial charge in [0.05, 0.1) is 6.61 Å². The molecule has 1 aromatic carbocycles. The second-order valence-corrected chi connectivity index (χ2v) is 11.6. The van der Waals surface area contributed by atoms with Crippen molar-refractivity contribution in [1.82, 2.24) is 0 Å². The van der Waals surface area contributed by atoms with Crippen LogP contribution in [0, 0.1) is 41.2 Å². The highest BCUT2D eigenvalue weighted by Crippen LogP contribution is 2.43. The van der Waals surface area contributed by atoms with Crippen LogP contribution in [0.4, 0.5) is 8.78 Å². The number of hydrogen-bond donors (Lipinski definition) is 0. The molecular weight excluding hydrogens is 414 g/mol. The van der Waals surface area contributed by atoms with E-state index in [0.717, 1.165) is 49.4 Å². The summed E-state index contributed by atoms with van der Waals surface area (Å²) in [4.78, 5) is 0. The summed E-state index contributed by atoms with van der Waals surface area (Å²) in [7, 11) is 0. The van der Waals surface area contributed by atoms with Crippen molar-refractivity contribution in [3.05, 3.63) is 29.3 Å². The standard InChI is InChI=1S/C30H46F2O/c1-3-5-22-8-16-26(17-9-22)27-18-19-28(30(32)29(27)31)33-20-23-10-14-25(15-11-23)24-12-6-21(4-2)7-13-24/h18-19,21-26H,3-17,20H2,1-2H3/t21-,22-,23-,24-,25-,26-. The van der Waals surface area contributed by atoms with Gasteiger partial charge >= 0.3 is 0 Å². The van der Waals surface area contributed by atoms with E-state index in [1.165, 1.54) is 70.6 Å². The van der Waals surface area contributed by atoms with Gasteiger partial charge in [0.2, 0.25) is 5.82 Å². The SMILES string of the molecule is CCC[C@H]1CC[C@H](c2ccc(OC[C@H]3CC[C@H]([C@H]4CC[C@H](CC)CC4)CC3)c(F)c2F)CC1. The lowest BCUT2D eigenvalue weighted by molar-refractivity contribution is 0.121. The van der Waals surface area contributed by atoms with Gasteiger partial charge in [0.25, 0.3) is 0 Å². The Hall–Kier alpha value is -1.12. The lowest BCUT2D eigenvalue weighted by Gasteiger charge is -2.37. The zero-order chi connectivity index (χ0) is 23.2. The predicted octanol–water partition coefficient (Wildman–Crippen LogP) is 9.44. The maximum absolute atomic E-state index is 14.9. The van der Waals surface area contributed by atoms with Crippen LogP contribution in [0.1, 0.15) is 122 Å². The number of rotatable bonds is 8. The van der Waals surface area contributed by atoms with Gasteiger partial charge in [0.1, 0.15) is 0 Å². The molecule has 3 fully saturated rings.